The first kappa shape index (κ1) is 22.1. The molecule has 1 aromatic carbocycles. The Balaban J connectivity index is 1.89. The van der Waals surface area contributed by atoms with Gasteiger partial charge in [0.05, 0.1) is 25.9 Å². The average Bonchev–Trinajstić information content (AvgIpc) is 3.06. The highest BCUT2D eigenvalue weighted by atomic mass is 16.5. The van der Waals surface area contributed by atoms with E-state index in [0.29, 0.717) is 29.1 Å². The number of hydrogen-bond donors (Lipinski definition) is 1. The van der Waals surface area contributed by atoms with Crippen molar-refractivity contribution in [1.82, 2.24) is 14.8 Å². The lowest BCUT2D eigenvalue weighted by atomic mass is 10.1. The van der Waals surface area contributed by atoms with Crippen LogP contribution in [0.1, 0.15) is 44.6 Å². The lowest BCUT2D eigenvalue weighted by Crippen LogP contribution is -2.48. The highest BCUT2D eigenvalue weighted by molar-refractivity contribution is 6.00. The number of aromatic amines is 1. The molecular formula is C23H31N3O4. The van der Waals surface area contributed by atoms with Crippen molar-refractivity contribution in [3.63, 3.8) is 0 Å². The van der Waals surface area contributed by atoms with E-state index in [4.69, 9.17) is 9.47 Å². The summed E-state index contributed by atoms with van der Waals surface area (Å²) in [4.78, 5) is 33.1. The molecule has 0 bridgehead atoms. The molecule has 1 aliphatic rings. The Labute approximate surface area is 178 Å². The number of methoxy groups -OCH3 is 1. The molecule has 1 aromatic heterocycles. The first-order chi connectivity index (χ1) is 14.4. The maximum Gasteiger partial charge on any atom is 0.339 e. The van der Waals surface area contributed by atoms with Crippen LogP contribution in [0.3, 0.4) is 0 Å². The molecule has 0 saturated carbocycles. The van der Waals surface area contributed by atoms with Crippen molar-refractivity contribution in [2.24, 2.45) is 0 Å². The van der Waals surface area contributed by atoms with Gasteiger partial charge in [-0.1, -0.05) is 30.3 Å². The first-order valence-corrected chi connectivity index (χ1v) is 10.3. The molecule has 1 unspecified atom stereocenters. The SMILES string of the molecule is COC(=O)c1c(C)[nH]c(C(=O)N(Cc2ccccc2)C(C)CN2CCOCC2)c1C. The minimum absolute atomic E-state index is 0.0135. The largest absolute Gasteiger partial charge is 0.465 e. The van der Waals surface area contributed by atoms with Gasteiger partial charge >= 0.3 is 5.97 Å². The molecule has 1 fully saturated rings. The van der Waals surface area contributed by atoms with Crippen LogP contribution in [0.4, 0.5) is 0 Å². The first-order valence-electron chi connectivity index (χ1n) is 10.3. The number of morpholine rings is 1. The van der Waals surface area contributed by atoms with E-state index < -0.39 is 5.97 Å². The molecule has 162 valence electrons. The van der Waals surface area contributed by atoms with Crippen molar-refractivity contribution in [1.29, 1.82) is 0 Å². The summed E-state index contributed by atoms with van der Waals surface area (Å²) in [5.41, 5.74) is 3.21. The Morgan fingerprint density at radius 3 is 2.50 bits per heavy atom. The third-order valence-corrected chi connectivity index (χ3v) is 5.66. The van der Waals surface area contributed by atoms with Gasteiger partial charge in [-0.15, -0.1) is 0 Å². The van der Waals surface area contributed by atoms with Crippen molar-refractivity contribution in [2.75, 3.05) is 40.0 Å². The standard InChI is InChI=1S/C23H31N3O4/c1-16(14-25-10-12-30-13-11-25)26(15-19-8-6-5-7-9-19)22(27)21-17(2)20(18(3)24-21)23(28)29-4/h5-9,16,24H,10-15H2,1-4H3. The fourth-order valence-electron chi connectivity index (χ4n) is 3.98. The summed E-state index contributed by atoms with van der Waals surface area (Å²) >= 11 is 0. The van der Waals surface area contributed by atoms with Crippen LogP contribution >= 0.6 is 0 Å². The predicted octanol–water partition coefficient (Wildman–Crippen LogP) is 2.78. The normalized spacial score (nSPS) is 15.6. The van der Waals surface area contributed by atoms with E-state index >= 15 is 0 Å². The number of aromatic nitrogens is 1. The molecule has 0 spiro atoms. The number of ether oxygens (including phenoxy) is 2. The molecule has 1 atom stereocenters. The minimum Gasteiger partial charge on any atom is -0.465 e. The van der Waals surface area contributed by atoms with E-state index in [1.807, 2.05) is 35.2 Å². The summed E-state index contributed by atoms with van der Waals surface area (Å²) in [5.74, 6) is -0.549. The van der Waals surface area contributed by atoms with Crippen LogP contribution in [0, 0.1) is 13.8 Å². The van der Waals surface area contributed by atoms with Gasteiger partial charge in [-0.05, 0) is 31.9 Å². The van der Waals surface area contributed by atoms with Crippen LogP contribution in [0.15, 0.2) is 30.3 Å². The van der Waals surface area contributed by atoms with Gasteiger partial charge in [0.2, 0.25) is 0 Å². The average molecular weight is 414 g/mol. The second-order valence-electron chi connectivity index (χ2n) is 7.80. The van der Waals surface area contributed by atoms with E-state index in [0.717, 1.165) is 38.4 Å². The summed E-state index contributed by atoms with van der Waals surface area (Å²) in [5, 5.41) is 0. The van der Waals surface area contributed by atoms with Gasteiger partial charge in [0.15, 0.2) is 0 Å². The lowest BCUT2D eigenvalue weighted by Gasteiger charge is -2.35. The lowest BCUT2D eigenvalue weighted by molar-refractivity contribution is 0.0227. The Hall–Kier alpha value is -2.64. The molecule has 1 amide bonds. The number of aryl methyl sites for hydroxylation is 1. The van der Waals surface area contributed by atoms with Gasteiger partial charge in [-0.3, -0.25) is 9.69 Å². The number of amides is 1. The van der Waals surface area contributed by atoms with Gasteiger partial charge in [-0.2, -0.15) is 0 Å². The highest BCUT2D eigenvalue weighted by Crippen LogP contribution is 2.22. The molecular weight excluding hydrogens is 382 g/mol. The number of carbonyl (C=O) groups is 2. The smallest absolute Gasteiger partial charge is 0.339 e. The number of benzene rings is 1. The third kappa shape index (κ3) is 4.91. The summed E-state index contributed by atoms with van der Waals surface area (Å²) in [7, 11) is 1.35. The highest BCUT2D eigenvalue weighted by Gasteiger charge is 2.29. The zero-order valence-electron chi connectivity index (χ0n) is 18.2. The fraction of sp³-hybridized carbons (Fsp3) is 0.478. The Morgan fingerprint density at radius 2 is 1.87 bits per heavy atom. The molecule has 2 heterocycles. The van der Waals surface area contributed by atoms with Crippen molar-refractivity contribution in [2.45, 2.75) is 33.4 Å². The zero-order chi connectivity index (χ0) is 21.7. The quantitative estimate of drug-likeness (QED) is 0.707. The Morgan fingerprint density at radius 1 is 1.20 bits per heavy atom. The molecule has 7 heteroatoms. The maximum atomic E-state index is 13.6. The Bertz CT molecular complexity index is 872. The summed E-state index contributed by atoms with van der Waals surface area (Å²) in [6, 6.07) is 9.95. The number of carbonyl (C=O) groups excluding carboxylic acids is 2. The van der Waals surface area contributed by atoms with Gasteiger partial charge in [0, 0.05) is 37.9 Å². The minimum atomic E-state index is -0.434. The second kappa shape index (κ2) is 9.91. The van der Waals surface area contributed by atoms with Crippen molar-refractivity contribution in [3.05, 3.63) is 58.4 Å². The number of nitrogens with one attached hydrogen (secondary N) is 1. The molecule has 1 saturated heterocycles. The monoisotopic (exact) mass is 413 g/mol. The molecule has 1 aliphatic heterocycles. The molecule has 1 N–H and O–H groups in total. The molecule has 0 radical (unpaired) electrons. The van der Waals surface area contributed by atoms with Gasteiger partial charge in [0.25, 0.3) is 5.91 Å². The fourth-order valence-corrected chi connectivity index (χ4v) is 3.98. The molecule has 0 aliphatic carbocycles. The molecule has 2 aromatic rings. The number of rotatable bonds is 7. The summed E-state index contributed by atoms with van der Waals surface area (Å²) < 4.78 is 10.3. The van der Waals surface area contributed by atoms with E-state index in [1.165, 1.54) is 7.11 Å². The topological polar surface area (TPSA) is 74.9 Å². The van der Waals surface area contributed by atoms with Crippen LogP contribution < -0.4 is 0 Å². The van der Waals surface area contributed by atoms with Crippen LogP contribution in [-0.2, 0) is 16.0 Å². The number of nitrogens with zero attached hydrogens (tertiary/aromatic N) is 2. The van der Waals surface area contributed by atoms with Crippen molar-refractivity contribution >= 4 is 11.9 Å². The number of hydrogen-bond acceptors (Lipinski definition) is 5. The maximum absolute atomic E-state index is 13.6. The third-order valence-electron chi connectivity index (χ3n) is 5.66. The number of H-pyrrole nitrogens is 1. The van der Waals surface area contributed by atoms with Gasteiger partial charge < -0.3 is 19.4 Å². The molecule has 7 nitrogen and oxygen atoms in total. The zero-order valence-corrected chi connectivity index (χ0v) is 18.2. The van der Waals surface area contributed by atoms with Crippen molar-refractivity contribution < 1.29 is 19.1 Å². The van der Waals surface area contributed by atoms with E-state index in [2.05, 4.69) is 16.8 Å². The van der Waals surface area contributed by atoms with E-state index in [-0.39, 0.29) is 11.9 Å². The van der Waals surface area contributed by atoms with Gasteiger partial charge in [-0.25, -0.2) is 4.79 Å². The van der Waals surface area contributed by atoms with Crippen molar-refractivity contribution in [3.8, 4) is 0 Å². The summed E-state index contributed by atoms with van der Waals surface area (Å²) in [6.07, 6.45) is 0. The number of esters is 1. The van der Waals surface area contributed by atoms with Crippen LogP contribution in [0.5, 0.6) is 0 Å². The second-order valence-corrected chi connectivity index (χ2v) is 7.80. The van der Waals surface area contributed by atoms with Crippen LogP contribution in [-0.4, -0.2) is 72.7 Å². The van der Waals surface area contributed by atoms with Gasteiger partial charge in [0.1, 0.15) is 5.69 Å². The van der Waals surface area contributed by atoms with Crippen LogP contribution in [0.2, 0.25) is 0 Å². The van der Waals surface area contributed by atoms with E-state index in [9.17, 15) is 9.59 Å². The predicted molar refractivity (Wildman–Crippen MR) is 115 cm³/mol. The Kier molecular flexibility index (Phi) is 7.29. The molecule has 30 heavy (non-hydrogen) atoms. The summed E-state index contributed by atoms with van der Waals surface area (Å²) in [6.45, 7) is 10.1. The van der Waals surface area contributed by atoms with E-state index in [1.54, 1.807) is 13.8 Å². The van der Waals surface area contributed by atoms with Crippen LogP contribution in [0.25, 0.3) is 0 Å². The molecule has 3 rings (SSSR count).